The molecule has 0 saturated carbocycles. The third-order valence-corrected chi connectivity index (χ3v) is 4.19. The van der Waals surface area contributed by atoms with Crippen LogP contribution in [-0.2, 0) is 0 Å². The van der Waals surface area contributed by atoms with Gasteiger partial charge in [-0.3, -0.25) is 0 Å². The maximum Gasteiger partial charge on any atom is 0.0811 e. The molecule has 0 bridgehead atoms. The van der Waals surface area contributed by atoms with Gasteiger partial charge in [0.15, 0.2) is 0 Å². The average molecular weight is 198 g/mol. The SMILES string of the molecule is CCCCCCl.C[SiH2]N[SiH3]. The Hall–Kier alpha value is 0.684. The molecular formula is C6H20ClNSi2. The molecule has 10 heavy (non-hydrogen) atoms. The van der Waals surface area contributed by atoms with Crippen molar-refractivity contribution in [3.63, 3.8) is 0 Å². The summed E-state index contributed by atoms with van der Waals surface area (Å²) in [6.45, 7) is 4.42. The van der Waals surface area contributed by atoms with Crippen LogP contribution in [0.4, 0.5) is 0 Å². The van der Waals surface area contributed by atoms with E-state index in [-0.39, 0.29) is 9.68 Å². The van der Waals surface area contributed by atoms with Gasteiger partial charge in [-0.25, -0.2) is 0 Å². The van der Waals surface area contributed by atoms with Crippen molar-refractivity contribution in [3.8, 4) is 0 Å². The van der Waals surface area contributed by atoms with Gasteiger partial charge in [-0.2, -0.15) is 0 Å². The predicted molar refractivity (Wildman–Crippen MR) is 57.7 cm³/mol. The summed E-state index contributed by atoms with van der Waals surface area (Å²) in [7, 11) is 1.44. The highest BCUT2D eigenvalue weighted by atomic mass is 35.5. The van der Waals surface area contributed by atoms with Gasteiger partial charge in [0.25, 0.3) is 0 Å². The van der Waals surface area contributed by atoms with E-state index in [9.17, 15) is 0 Å². The lowest BCUT2D eigenvalue weighted by atomic mass is 10.3. The van der Waals surface area contributed by atoms with Gasteiger partial charge in [-0.15, -0.1) is 11.6 Å². The number of hydrogen-bond donors (Lipinski definition) is 1. The number of rotatable bonds is 4. The van der Waals surface area contributed by atoms with Crippen LogP contribution in [0, 0.1) is 0 Å². The molecule has 64 valence electrons. The van der Waals surface area contributed by atoms with Crippen LogP contribution in [-0.4, -0.2) is 26.0 Å². The topological polar surface area (TPSA) is 12.0 Å². The van der Waals surface area contributed by atoms with Gasteiger partial charge in [0.1, 0.15) is 0 Å². The summed E-state index contributed by atoms with van der Waals surface area (Å²) in [6, 6.07) is 0. The van der Waals surface area contributed by atoms with Crippen molar-refractivity contribution in [2.24, 2.45) is 0 Å². The molecule has 4 heteroatoms. The summed E-state index contributed by atoms with van der Waals surface area (Å²) in [5, 5.41) is 0. The maximum absolute atomic E-state index is 5.38. The van der Waals surface area contributed by atoms with Crippen molar-refractivity contribution in [3.05, 3.63) is 0 Å². The largest absolute Gasteiger partial charge is 0.372 e. The Morgan fingerprint density at radius 3 is 2.10 bits per heavy atom. The quantitative estimate of drug-likeness (QED) is 0.391. The fourth-order valence-corrected chi connectivity index (χ4v) is 0.533. The van der Waals surface area contributed by atoms with E-state index in [1.807, 2.05) is 0 Å². The van der Waals surface area contributed by atoms with Crippen molar-refractivity contribution in [2.75, 3.05) is 5.88 Å². The monoisotopic (exact) mass is 197 g/mol. The number of alkyl halides is 1. The number of halogens is 1. The van der Waals surface area contributed by atoms with Gasteiger partial charge in [0, 0.05) is 5.88 Å². The highest BCUT2D eigenvalue weighted by Gasteiger charge is 1.76. The standard InChI is InChI=1S/C5H11Cl.CH9NSi2/c1-2-3-4-5-6;1-4-2-3/h2-5H2,1H3;2H,4H2,1,3H3. The summed E-state index contributed by atoms with van der Waals surface area (Å²) >= 11 is 5.38. The van der Waals surface area contributed by atoms with Crippen LogP contribution in [0.3, 0.4) is 0 Å². The van der Waals surface area contributed by atoms with Crippen LogP contribution in [0.5, 0.6) is 0 Å². The van der Waals surface area contributed by atoms with E-state index in [4.69, 9.17) is 11.6 Å². The summed E-state index contributed by atoms with van der Waals surface area (Å²) in [4.78, 5) is 0. The molecule has 0 aromatic carbocycles. The molecule has 0 atom stereocenters. The predicted octanol–water partition coefficient (Wildman–Crippen LogP) is 0.404. The highest BCUT2D eigenvalue weighted by Crippen LogP contribution is 1.93. The first-order valence-electron chi connectivity index (χ1n) is 4.04. The molecule has 0 spiro atoms. The van der Waals surface area contributed by atoms with Crippen molar-refractivity contribution in [1.29, 1.82) is 0 Å². The maximum atomic E-state index is 5.38. The second-order valence-electron chi connectivity index (χ2n) is 2.10. The molecule has 1 nitrogen and oxygen atoms in total. The van der Waals surface area contributed by atoms with Gasteiger partial charge in [-0.05, 0) is 6.42 Å². The first kappa shape index (κ1) is 13.3. The van der Waals surface area contributed by atoms with E-state index in [2.05, 4.69) is 18.1 Å². The molecule has 0 saturated heterocycles. The summed E-state index contributed by atoms with van der Waals surface area (Å²) in [5.74, 6) is 0.827. The zero-order valence-electron chi connectivity index (χ0n) is 7.41. The third-order valence-electron chi connectivity index (χ3n) is 1.09. The van der Waals surface area contributed by atoms with E-state index in [1.54, 1.807) is 0 Å². The zero-order valence-corrected chi connectivity index (χ0v) is 11.6. The molecule has 0 fully saturated rings. The fraction of sp³-hybridized carbons (Fsp3) is 1.00. The van der Waals surface area contributed by atoms with Gasteiger partial charge < -0.3 is 4.65 Å². The van der Waals surface area contributed by atoms with Crippen LogP contribution >= 0.6 is 11.6 Å². The second-order valence-corrected chi connectivity index (χ2v) is 6.02. The van der Waals surface area contributed by atoms with Crippen molar-refractivity contribution in [2.45, 2.75) is 32.7 Å². The lowest BCUT2D eigenvalue weighted by Gasteiger charge is -1.84. The van der Waals surface area contributed by atoms with Crippen molar-refractivity contribution >= 4 is 31.7 Å². The Morgan fingerprint density at radius 2 is 2.00 bits per heavy atom. The first-order valence-corrected chi connectivity index (χ1v) is 7.69. The van der Waals surface area contributed by atoms with Crippen LogP contribution in [0.1, 0.15) is 26.2 Å². The Balaban J connectivity index is 0. The molecule has 0 unspecified atom stereocenters. The molecule has 0 aromatic heterocycles. The molecule has 1 N–H and O–H groups in total. The minimum Gasteiger partial charge on any atom is -0.372 e. The van der Waals surface area contributed by atoms with E-state index in [0.717, 1.165) is 5.88 Å². The van der Waals surface area contributed by atoms with Crippen LogP contribution in [0.25, 0.3) is 0 Å². The van der Waals surface area contributed by atoms with Gasteiger partial charge in [0.05, 0.1) is 20.1 Å². The highest BCUT2D eigenvalue weighted by molar-refractivity contribution is 6.40. The number of hydrogen-bond acceptors (Lipinski definition) is 1. The minimum absolute atomic E-state index is 0.236. The summed E-state index contributed by atoms with van der Waals surface area (Å²) < 4.78 is 3.21. The third kappa shape index (κ3) is 23.4. The Kier molecular flexibility index (Phi) is 21.7. The van der Waals surface area contributed by atoms with Crippen LogP contribution in [0.2, 0.25) is 6.55 Å². The molecule has 0 aromatic rings. The number of unbranched alkanes of at least 4 members (excludes halogenated alkanes) is 2. The Bertz CT molecular complexity index is 40.7. The summed E-state index contributed by atoms with van der Waals surface area (Å²) in [5.41, 5.74) is 0. The lowest BCUT2D eigenvalue weighted by molar-refractivity contribution is 0.776. The molecule has 0 radical (unpaired) electrons. The van der Waals surface area contributed by atoms with Gasteiger partial charge >= 0.3 is 0 Å². The van der Waals surface area contributed by atoms with Gasteiger partial charge in [-0.1, -0.05) is 26.3 Å². The lowest BCUT2D eigenvalue weighted by Crippen LogP contribution is -2.08. The van der Waals surface area contributed by atoms with Crippen molar-refractivity contribution < 1.29 is 0 Å². The van der Waals surface area contributed by atoms with Crippen LogP contribution < -0.4 is 4.65 Å². The van der Waals surface area contributed by atoms with Crippen molar-refractivity contribution in [1.82, 2.24) is 4.65 Å². The van der Waals surface area contributed by atoms with E-state index >= 15 is 0 Å². The molecule has 0 heterocycles. The fourth-order valence-electron chi connectivity index (χ4n) is 0.344. The van der Waals surface area contributed by atoms with E-state index in [0.29, 0.717) is 0 Å². The van der Waals surface area contributed by atoms with E-state index < -0.39 is 0 Å². The molecule has 0 rings (SSSR count). The summed E-state index contributed by atoms with van der Waals surface area (Å²) in [6.07, 6.45) is 3.73. The average Bonchev–Trinajstić information content (AvgIpc) is 2.01. The minimum atomic E-state index is 0.236. The molecular weight excluding hydrogens is 178 g/mol. The molecule has 0 aliphatic carbocycles. The van der Waals surface area contributed by atoms with Gasteiger partial charge in [0.2, 0.25) is 0 Å². The van der Waals surface area contributed by atoms with Crippen LogP contribution in [0.15, 0.2) is 0 Å². The molecule has 0 aliphatic heterocycles. The Labute approximate surface area is 75.3 Å². The smallest absolute Gasteiger partial charge is 0.0811 e. The first-order chi connectivity index (χ1) is 4.83. The van der Waals surface area contributed by atoms with E-state index in [1.165, 1.54) is 29.7 Å². The number of nitrogens with one attached hydrogen (secondary N) is 1. The molecule has 0 aliphatic rings. The second kappa shape index (κ2) is 16.3. The molecule has 0 amide bonds. The Morgan fingerprint density at radius 1 is 1.50 bits per heavy atom. The zero-order chi connectivity index (χ0) is 8.24. The normalized spacial score (nSPS) is 9.90.